The third-order valence-corrected chi connectivity index (χ3v) is 1.76. The Morgan fingerprint density at radius 2 is 2.31 bits per heavy atom. The molecule has 1 rings (SSSR count). The Bertz CT molecular complexity index is 339. The Hall–Kier alpha value is -1.53. The molecule has 1 aromatic rings. The third kappa shape index (κ3) is 2.46. The average Bonchev–Trinajstić information content (AvgIpc) is 2.08. The first-order chi connectivity index (χ1) is 6.13. The molecule has 0 spiro atoms. The smallest absolute Gasteiger partial charge is 0.120 e. The van der Waals surface area contributed by atoms with Crippen LogP contribution in [0.2, 0.25) is 0 Å². The van der Waals surface area contributed by atoms with Gasteiger partial charge in [0, 0.05) is 6.04 Å². The number of rotatable bonds is 2. The lowest BCUT2D eigenvalue weighted by Gasteiger charge is -2.06. The van der Waals surface area contributed by atoms with Gasteiger partial charge in [-0.3, -0.25) is 0 Å². The molecule has 0 aliphatic heterocycles. The van der Waals surface area contributed by atoms with Crippen molar-refractivity contribution in [2.75, 3.05) is 0 Å². The fraction of sp³-hybridized carbons (Fsp3) is 0.300. The number of phenols is 1. The maximum atomic E-state index is 9.46. The Labute approximate surface area is 77.4 Å². The second-order valence-corrected chi connectivity index (χ2v) is 3.14. The van der Waals surface area contributed by atoms with Crippen LogP contribution in [0.3, 0.4) is 0 Å². The predicted octanol–water partition coefficient (Wildman–Crippen LogP) is 1.15. The molecule has 0 heterocycles. The van der Waals surface area contributed by atoms with Gasteiger partial charge >= 0.3 is 0 Å². The molecule has 0 radical (unpaired) electrons. The van der Waals surface area contributed by atoms with Gasteiger partial charge in [-0.1, -0.05) is 6.07 Å². The zero-order valence-corrected chi connectivity index (χ0v) is 7.49. The molecule has 13 heavy (non-hydrogen) atoms. The predicted molar refractivity (Wildman–Crippen MR) is 50.2 cm³/mol. The quantitative estimate of drug-likeness (QED) is 0.710. The highest BCUT2D eigenvalue weighted by Gasteiger charge is 2.04. The minimum Gasteiger partial charge on any atom is -0.508 e. The molecule has 0 aliphatic rings. The number of hydrogen-bond acceptors (Lipinski definition) is 3. The zero-order chi connectivity index (χ0) is 9.84. The van der Waals surface area contributed by atoms with Crippen LogP contribution in [0.25, 0.3) is 0 Å². The molecule has 3 nitrogen and oxygen atoms in total. The summed E-state index contributed by atoms with van der Waals surface area (Å²) in [6.45, 7) is 1.87. The van der Waals surface area contributed by atoms with E-state index in [1.54, 1.807) is 12.1 Å². The summed E-state index contributed by atoms with van der Waals surface area (Å²) in [5, 5.41) is 18.0. The van der Waals surface area contributed by atoms with Crippen LogP contribution in [-0.2, 0) is 6.42 Å². The maximum absolute atomic E-state index is 9.46. The van der Waals surface area contributed by atoms with Crippen molar-refractivity contribution in [3.05, 3.63) is 29.3 Å². The number of aromatic hydroxyl groups is 1. The highest BCUT2D eigenvalue weighted by molar-refractivity contribution is 5.41. The van der Waals surface area contributed by atoms with E-state index in [2.05, 4.69) is 0 Å². The summed E-state index contributed by atoms with van der Waals surface area (Å²) in [5.74, 6) is 0.149. The van der Waals surface area contributed by atoms with Crippen LogP contribution in [-0.4, -0.2) is 11.1 Å². The minimum atomic E-state index is 0.0128. The van der Waals surface area contributed by atoms with Gasteiger partial charge in [0.25, 0.3) is 0 Å². The number of nitriles is 1. The molecule has 0 fully saturated rings. The number of nitrogens with zero attached hydrogens (tertiary/aromatic N) is 1. The van der Waals surface area contributed by atoms with E-state index in [0.29, 0.717) is 12.0 Å². The van der Waals surface area contributed by atoms with Crippen molar-refractivity contribution in [3.8, 4) is 11.8 Å². The summed E-state index contributed by atoms with van der Waals surface area (Å²) in [5.41, 5.74) is 6.84. The molecule has 68 valence electrons. The number of hydrogen-bond donors (Lipinski definition) is 2. The van der Waals surface area contributed by atoms with Gasteiger partial charge in [0.2, 0.25) is 0 Å². The summed E-state index contributed by atoms with van der Waals surface area (Å²) in [4.78, 5) is 0. The van der Waals surface area contributed by atoms with E-state index in [-0.39, 0.29) is 11.8 Å². The summed E-state index contributed by atoms with van der Waals surface area (Å²) < 4.78 is 0. The highest BCUT2D eigenvalue weighted by atomic mass is 16.3. The van der Waals surface area contributed by atoms with Crippen LogP contribution >= 0.6 is 0 Å². The van der Waals surface area contributed by atoms with E-state index in [4.69, 9.17) is 11.0 Å². The van der Waals surface area contributed by atoms with Gasteiger partial charge in [-0.15, -0.1) is 0 Å². The first kappa shape index (κ1) is 9.56. The highest BCUT2D eigenvalue weighted by Crippen LogP contribution is 2.19. The van der Waals surface area contributed by atoms with E-state index < -0.39 is 0 Å². The number of benzene rings is 1. The molecule has 1 atom stereocenters. The molecule has 3 heteroatoms. The summed E-state index contributed by atoms with van der Waals surface area (Å²) in [7, 11) is 0. The van der Waals surface area contributed by atoms with E-state index in [1.807, 2.05) is 13.0 Å². The molecule has 1 aromatic carbocycles. The van der Waals surface area contributed by atoms with Gasteiger partial charge in [0.1, 0.15) is 5.75 Å². The van der Waals surface area contributed by atoms with Crippen molar-refractivity contribution in [2.24, 2.45) is 5.73 Å². The van der Waals surface area contributed by atoms with Crippen molar-refractivity contribution >= 4 is 0 Å². The topological polar surface area (TPSA) is 70.0 Å². The lowest BCUT2D eigenvalue weighted by Crippen LogP contribution is -2.17. The first-order valence-corrected chi connectivity index (χ1v) is 4.11. The SMILES string of the molecule is C[C@H](N)Cc1ccc(C#N)cc1O. The van der Waals surface area contributed by atoms with E-state index >= 15 is 0 Å². The van der Waals surface area contributed by atoms with Crippen molar-refractivity contribution in [1.82, 2.24) is 0 Å². The lowest BCUT2D eigenvalue weighted by molar-refractivity contribution is 0.465. The van der Waals surface area contributed by atoms with Gasteiger partial charge in [-0.2, -0.15) is 5.26 Å². The molecule has 0 saturated heterocycles. The van der Waals surface area contributed by atoms with Crippen molar-refractivity contribution in [1.29, 1.82) is 5.26 Å². The normalized spacial score (nSPS) is 12.1. The van der Waals surface area contributed by atoms with Gasteiger partial charge in [0.05, 0.1) is 11.6 Å². The Morgan fingerprint density at radius 1 is 1.62 bits per heavy atom. The molecule has 3 N–H and O–H groups in total. The summed E-state index contributed by atoms with van der Waals surface area (Å²) in [6, 6.07) is 6.84. The fourth-order valence-electron chi connectivity index (χ4n) is 1.15. The molecule has 0 unspecified atom stereocenters. The van der Waals surface area contributed by atoms with Gasteiger partial charge in [-0.05, 0) is 31.0 Å². The van der Waals surface area contributed by atoms with Gasteiger partial charge in [0.15, 0.2) is 0 Å². The molecule has 0 aromatic heterocycles. The van der Waals surface area contributed by atoms with Crippen LogP contribution in [0.4, 0.5) is 0 Å². The summed E-state index contributed by atoms with van der Waals surface area (Å²) >= 11 is 0. The lowest BCUT2D eigenvalue weighted by atomic mass is 10.0. The van der Waals surface area contributed by atoms with E-state index in [9.17, 15) is 5.11 Å². The molecule has 0 bridgehead atoms. The number of nitrogens with two attached hydrogens (primary N) is 1. The Kier molecular flexibility index (Phi) is 2.88. The maximum Gasteiger partial charge on any atom is 0.120 e. The molecule has 0 saturated carbocycles. The van der Waals surface area contributed by atoms with Crippen LogP contribution in [0.5, 0.6) is 5.75 Å². The average molecular weight is 176 g/mol. The van der Waals surface area contributed by atoms with E-state index in [0.717, 1.165) is 5.56 Å². The fourth-order valence-corrected chi connectivity index (χ4v) is 1.15. The standard InChI is InChI=1S/C10H12N2O/c1-7(12)4-9-3-2-8(6-11)5-10(9)13/h2-3,5,7,13H,4,12H2,1H3/t7-/m0/s1. The summed E-state index contributed by atoms with van der Waals surface area (Å²) in [6.07, 6.45) is 0.623. The van der Waals surface area contributed by atoms with Crippen LogP contribution in [0, 0.1) is 11.3 Å². The zero-order valence-electron chi connectivity index (χ0n) is 7.49. The van der Waals surface area contributed by atoms with Crippen LogP contribution < -0.4 is 5.73 Å². The second kappa shape index (κ2) is 3.92. The van der Waals surface area contributed by atoms with Crippen LogP contribution in [0.15, 0.2) is 18.2 Å². The monoisotopic (exact) mass is 176 g/mol. The van der Waals surface area contributed by atoms with Gasteiger partial charge in [-0.25, -0.2) is 0 Å². The van der Waals surface area contributed by atoms with Crippen molar-refractivity contribution in [2.45, 2.75) is 19.4 Å². The Morgan fingerprint density at radius 3 is 2.77 bits per heavy atom. The third-order valence-electron chi connectivity index (χ3n) is 1.76. The molecular weight excluding hydrogens is 164 g/mol. The van der Waals surface area contributed by atoms with Crippen molar-refractivity contribution in [3.63, 3.8) is 0 Å². The molecular formula is C10H12N2O. The largest absolute Gasteiger partial charge is 0.508 e. The number of phenolic OH excluding ortho intramolecular Hbond substituents is 1. The van der Waals surface area contributed by atoms with Crippen molar-refractivity contribution < 1.29 is 5.11 Å². The first-order valence-electron chi connectivity index (χ1n) is 4.11. The molecule has 0 amide bonds. The second-order valence-electron chi connectivity index (χ2n) is 3.14. The van der Waals surface area contributed by atoms with Crippen LogP contribution in [0.1, 0.15) is 18.1 Å². The molecule has 0 aliphatic carbocycles. The minimum absolute atomic E-state index is 0.0128. The Balaban J connectivity index is 2.93. The van der Waals surface area contributed by atoms with Gasteiger partial charge < -0.3 is 10.8 Å². The van der Waals surface area contributed by atoms with E-state index in [1.165, 1.54) is 6.07 Å².